The largest absolute Gasteiger partial charge is 0.496 e. The topological polar surface area (TPSA) is 78.8 Å². The number of nitrogens with one attached hydrogen (secondary N) is 1. The highest BCUT2D eigenvalue weighted by Crippen LogP contribution is 2.20. The van der Waals surface area contributed by atoms with Crippen LogP contribution in [-0.2, 0) is 0 Å². The van der Waals surface area contributed by atoms with Crippen molar-refractivity contribution in [2.75, 3.05) is 20.3 Å². The lowest BCUT2D eigenvalue weighted by Crippen LogP contribution is -2.43. The lowest BCUT2D eigenvalue weighted by atomic mass is 10.1. The molecule has 5 nitrogen and oxygen atoms in total. The predicted octanol–water partition coefficient (Wildman–Crippen LogP) is 0.230. The minimum Gasteiger partial charge on any atom is -0.496 e. The number of ether oxygens (including phenoxy) is 1. The van der Waals surface area contributed by atoms with Crippen LogP contribution >= 0.6 is 11.3 Å². The predicted molar refractivity (Wildman–Crippen MR) is 60.9 cm³/mol. The van der Waals surface area contributed by atoms with Crippen molar-refractivity contribution in [2.45, 2.75) is 12.5 Å². The highest BCUT2D eigenvalue weighted by Gasteiger charge is 2.20. The summed E-state index contributed by atoms with van der Waals surface area (Å²) in [5, 5.41) is 22.5. The Bertz CT molecular complexity index is 361. The monoisotopic (exact) mass is 245 g/mol. The van der Waals surface area contributed by atoms with Crippen LogP contribution in [0.5, 0.6) is 5.75 Å². The Morgan fingerprint density at radius 2 is 2.38 bits per heavy atom. The van der Waals surface area contributed by atoms with Gasteiger partial charge in [-0.05, 0) is 6.92 Å². The molecule has 0 bridgehead atoms. The van der Waals surface area contributed by atoms with Crippen molar-refractivity contribution in [1.82, 2.24) is 5.32 Å². The molecule has 3 N–H and O–H groups in total. The average Bonchev–Trinajstić information content (AvgIpc) is 2.74. The van der Waals surface area contributed by atoms with Crippen LogP contribution < -0.4 is 10.1 Å². The average molecular weight is 245 g/mol. The van der Waals surface area contributed by atoms with E-state index in [2.05, 4.69) is 5.32 Å². The van der Waals surface area contributed by atoms with E-state index in [1.54, 1.807) is 11.4 Å². The van der Waals surface area contributed by atoms with E-state index in [0.717, 1.165) is 0 Å². The Morgan fingerprint density at radius 1 is 1.69 bits per heavy atom. The Labute approximate surface area is 97.7 Å². The number of aliphatic hydroxyl groups excluding tert-OH is 1. The van der Waals surface area contributed by atoms with Crippen molar-refractivity contribution < 1.29 is 19.7 Å². The van der Waals surface area contributed by atoms with Crippen LogP contribution in [0.2, 0.25) is 0 Å². The number of amides is 1. The van der Waals surface area contributed by atoms with Crippen molar-refractivity contribution in [1.29, 1.82) is 0 Å². The minimum absolute atomic E-state index is 0.00253. The number of rotatable bonds is 5. The summed E-state index contributed by atoms with van der Waals surface area (Å²) in [6.07, 6.45) is 0. The Balaban J connectivity index is 2.53. The Morgan fingerprint density at radius 3 is 2.88 bits per heavy atom. The van der Waals surface area contributed by atoms with E-state index in [9.17, 15) is 9.90 Å². The van der Waals surface area contributed by atoms with Gasteiger partial charge < -0.3 is 20.3 Å². The molecule has 16 heavy (non-hydrogen) atoms. The molecule has 0 aliphatic carbocycles. The number of hydrogen-bond donors (Lipinski definition) is 3. The number of aliphatic hydroxyl groups is 2. The molecule has 1 heterocycles. The first-order valence-corrected chi connectivity index (χ1v) is 5.60. The van der Waals surface area contributed by atoms with Gasteiger partial charge in [-0.1, -0.05) is 0 Å². The molecule has 0 aliphatic heterocycles. The molecular weight excluding hydrogens is 230 g/mol. The summed E-state index contributed by atoms with van der Waals surface area (Å²) in [4.78, 5) is 12.1. The van der Waals surface area contributed by atoms with Crippen LogP contribution in [0.1, 0.15) is 16.6 Å². The normalized spacial score (nSPS) is 14.2. The van der Waals surface area contributed by atoms with Gasteiger partial charge >= 0.3 is 0 Å². The van der Waals surface area contributed by atoms with Gasteiger partial charge in [0.1, 0.15) is 11.4 Å². The molecule has 0 fully saturated rings. The summed E-state index contributed by atoms with van der Waals surface area (Å²) in [6.45, 7) is 1.05. The third-order valence-electron chi connectivity index (χ3n) is 2.01. The number of carbonyl (C=O) groups excluding carboxylic acids is 1. The second-order valence-corrected chi connectivity index (χ2v) is 4.60. The first-order valence-electron chi connectivity index (χ1n) is 4.72. The van der Waals surface area contributed by atoms with Crippen molar-refractivity contribution in [3.8, 4) is 5.75 Å². The molecule has 0 spiro atoms. The maximum atomic E-state index is 11.6. The minimum atomic E-state index is -1.29. The number of thiophene rings is 1. The fourth-order valence-electron chi connectivity index (χ4n) is 0.959. The molecular formula is C10H15NO4S. The molecule has 1 aromatic heterocycles. The van der Waals surface area contributed by atoms with Gasteiger partial charge in [0.15, 0.2) is 0 Å². The first-order chi connectivity index (χ1) is 7.48. The van der Waals surface area contributed by atoms with Crippen LogP contribution in [0, 0.1) is 0 Å². The van der Waals surface area contributed by atoms with Crippen LogP contribution in [0.3, 0.4) is 0 Å². The summed E-state index contributed by atoms with van der Waals surface area (Å²) in [5.41, 5.74) is -1.29. The lowest BCUT2D eigenvalue weighted by molar-refractivity contribution is 0.00323. The van der Waals surface area contributed by atoms with Gasteiger partial charge in [-0.25, -0.2) is 0 Å². The van der Waals surface area contributed by atoms with Gasteiger partial charge in [0.05, 0.1) is 18.6 Å². The first kappa shape index (κ1) is 13.0. The molecule has 0 saturated carbocycles. The zero-order chi connectivity index (χ0) is 12.2. The van der Waals surface area contributed by atoms with Gasteiger partial charge in [-0.15, -0.1) is 11.3 Å². The smallest absolute Gasteiger partial charge is 0.261 e. The summed E-state index contributed by atoms with van der Waals surface area (Å²) < 4.78 is 4.95. The third kappa shape index (κ3) is 3.48. The summed E-state index contributed by atoms with van der Waals surface area (Å²) >= 11 is 1.26. The Hall–Kier alpha value is -1.11. The molecule has 0 aromatic carbocycles. The number of hydrogen-bond acceptors (Lipinski definition) is 5. The van der Waals surface area contributed by atoms with Crippen LogP contribution in [0.15, 0.2) is 11.4 Å². The van der Waals surface area contributed by atoms with E-state index in [0.29, 0.717) is 10.6 Å². The molecule has 1 aromatic rings. The van der Waals surface area contributed by atoms with Crippen molar-refractivity contribution >= 4 is 17.2 Å². The second kappa shape index (κ2) is 5.29. The van der Waals surface area contributed by atoms with Crippen LogP contribution in [-0.4, -0.2) is 42.0 Å². The summed E-state index contributed by atoms with van der Waals surface area (Å²) in [7, 11) is 1.53. The zero-order valence-electron chi connectivity index (χ0n) is 9.19. The van der Waals surface area contributed by atoms with Crippen LogP contribution in [0.4, 0.5) is 0 Å². The number of methoxy groups -OCH3 is 1. The standard InChI is InChI=1S/C10H15NO4S/c1-10(14,6-12)5-11-9(13)8-3-7(15-2)4-16-8/h3-4,12,14H,5-6H2,1-2H3,(H,11,13). The maximum absolute atomic E-state index is 11.6. The molecule has 0 aliphatic rings. The highest BCUT2D eigenvalue weighted by atomic mass is 32.1. The molecule has 6 heteroatoms. The molecule has 0 saturated heterocycles. The fourth-order valence-corrected chi connectivity index (χ4v) is 1.73. The van der Waals surface area contributed by atoms with Crippen LogP contribution in [0.25, 0.3) is 0 Å². The SMILES string of the molecule is COc1csc(C(=O)NCC(C)(O)CO)c1. The molecule has 1 rings (SSSR count). The van der Waals surface area contributed by atoms with E-state index in [1.165, 1.54) is 25.4 Å². The third-order valence-corrected chi connectivity index (χ3v) is 2.91. The zero-order valence-corrected chi connectivity index (χ0v) is 10.0. The van der Waals surface area contributed by atoms with E-state index >= 15 is 0 Å². The molecule has 90 valence electrons. The summed E-state index contributed by atoms with van der Waals surface area (Å²) in [6, 6.07) is 1.62. The molecule has 1 amide bonds. The second-order valence-electron chi connectivity index (χ2n) is 3.69. The van der Waals surface area contributed by atoms with Gasteiger partial charge in [-0.2, -0.15) is 0 Å². The fraction of sp³-hybridized carbons (Fsp3) is 0.500. The molecule has 1 atom stereocenters. The molecule has 1 unspecified atom stereocenters. The number of carbonyl (C=O) groups is 1. The van der Waals surface area contributed by atoms with Crippen molar-refractivity contribution in [3.63, 3.8) is 0 Å². The van der Waals surface area contributed by atoms with E-state index in [-0.39, 0.29) is 12.5 Å². The van der Waals surface area contributed by atoms with E-state index in [1.807, 2.05) is 0 Å². The van der Waals surface area contributed by atoms with Gasteiger partial charge in [0.25, 0.3) is 5.91 Å². The van der Waals surface area contributed by atoms with Crippen molar-refractivity contribution in [3.05, 3.63) is 16.3 Å². The van der Waals surface area contributed by atoms with Gasteiger partial charge in [-0.3, -0.25) is 4.79 Å². The van der Waals surface area contributed by atoms with E-state index in [4.69, 9.17) is 9.84 Å². The van der Waals surface area contributed by atoms with Gasteiger partial charge in [0.2, 0.25) is 0 Å². The quantitative estimate of drug-likeness (QED) is 0.694. The lowest BCUT2D eigenvalue weighted by Gasteiger charge is -2.20. The van der Waals surface area contributed by atoms with E-state index < -0.39 is 12.2 Å². The summed E-state index contributed by atoms with van der Waals surface area (Å²) in [5.74, 6) is 0.339. The van der Waals surface area contributed by atoms with Crippen molar-refractivity contribution in [2.24, 2.45) is 0 Å². The maximum Gasteiger partial charge on any atom is 0.261 e. The molecule has 0 radical (unpaired) electrons. The Kier molecular flexibility index (Phi) is 4.28. The highest BCUT2D eigenvalue weighted by molar-refractivity contribution is 7.12. The van der Waals surface area contributed by atoms with Gasteiger partial charge in [0, 0.05) is 18.0 Å².